The van der Waals surface area contributed by atoms with Crippen LogP contribution in [0.4, 0.5) is 17.3 Å². The highest BCUT2D eigenvalue weighted by Crippen LogP contribution is 2.24. The van der Waals surface area contributed by atoms with Crippen LogP contribution in [0.15, 0.2) is 41.1 Å². The minimum atomic E-state index is 0.765. The lowest BCUT2D eigenvalue weighted by atomic mass is 10.3. The molecule has 1 fully saturated rings. The van der Waals surface area contributed by atoms with Crippen LogP contribution in [-0.2, 0) is 4.74 Å². The second kappa shape index (κ2) is 8.24. The number of benzene rings is 1. The summed E-state index contributed by atoms with van der Waals surface area (Å²) in [5, 5.41) is 6.63. The summed E-state index contributed by atoms with van der Waals surface area (Å²) in [6.07, 6.45) is 1.57. The Labute approximate surface area is 144 Å². The molecule has 2 aromatic rings. The van der Waals surface area contributed by atoms with Crippen LogP contribution in [0.1, 0.15) is 0 Å². The Morgan fingerprint density at radius 1 is 1.13 bits per heavy atom. The first-order valence-corrected chi connectivity index (χ1v) is 8.48. The van der Waals surface area contributed by atoms with Gasteiger partial charge in [-0.3, -0.25) is 4.90 Å². The maximum Gasteiger partial charge on any atom is 0.135 e. The highest BCUT2D eigenvalue weighted by atomic mass is 79.9. The van der Waals surface area contributed by atoms with Gasteiger partial charge >= 0.3 is 0 Å². The van der Waals surface area contributed by atoms with E-state index in [2.05, 4.69) is 41.4 Å². The van der Waals surface area contributed by atoms with Gasteiger partial charge in [0.25, 0.3) is 0 Å². The normalized spacial score (nSPS) is 15.3. The molecule has 3 rings (SSSR count). The predicted octanol–water partition coefficient (Wildman–Crippen LogP) is 2.73. The van der Waals surface area contributed by atoms with Crippen molar-refractivity contribution < 1.29 is 4.74 Å². The molecule has 0 atom stereocenters. The Kier molecular flexibility index (Phi) is 5.79. The molecule has 0 spiro atoms. The van der Waals surface area contributed by atoms with Crippen molar-refractivity contribution in [3.8, 4) is 0 Å². The number of nitrogens with zero attached hydrogens (tertiary/aromatic N) is 3. The summed E-state index contributed by atoms with van der Waals surface area (Å²) < 4.78 is 6.35. The average molecular weight is 378 g/mol. The third kappa shape index (κ3) is 4.89. The average Bonchev–Trinajstić information content (AvgIpc) is 2.58. The molecule has 0 radical (unpaired) electrons. The number of nitrogens with one attached hydrogen (secondary N) is 2. The second-order valence-corrected chi connectivity index (χ2v) is 6.13. The highest BCUT2D eigenvalue weighted by Gasteiger charge is 2.09. The maximum absolute atomic E-state index is 5.35. The van der Waals surface area contributed by atoms with E-state index in [1.165, 1.54) is 0 Å². The van der Waals surface area contributed by atoms with Crippen LogP contribution in [0, 0.1) is 0 Å². The summed E-state index contributed by atoms with van der Waals surface area (Å²) in [4.78, 5) is 10.9. The molecule has 7 heteroatoms. The first kappa shape index (κ1) is 16.2. The number of hydrogen-bond donors (Lipinski definition) is 2. The van der Waals surface area contributed by atoms with E-state index in [0.717, 1.165) is 61.2 Å². The van der Waals surface area contributed by atoms with Crippen molar-refractivity contribution >= 4 is 33.3 Å². The molecule has 0 unspecified atom stereocenters. The number of aromatic nitrogens is 2. The minimum Gasteiger partial charge on any atom is -0.379 e. The number of rotatable bonds is 6. The predicted molar refractivity (Wildman–Crippen MR) is 95.2 cm³/mol. The number of halogens is 1. The number of ether oxygens (including phenoxy) is 1. The minimum absolute atomic E-state index is 0.765. The molecule has 1 aromatic heterocycles. The van der Waals surface area contributed by atoms with E-state index < -0.39 is 0 Å². The third-order valence-corrected chi connectivity index (χ3v) is 4.33. The summed E-state index contributed by atoms with van der Waals surface area (Å²) in [6, 6.07) is 9.87. The van der Waals surface area contributed by atoms with Crippen LogP contribution in [-0.4, -0.2) is 54.3 Å². The number of anilines is 3. The Balaban J connectivity index is 1.53. The van der Waals surface area contributed by atoms with E-state index in [9.17, 15) is 0 Å². The van der Waals surface area contributed by atoms with Crippen molar-refractivity contribution in [2.45, 2.75) is 0 Å². The molecular formula is C16H20BrN5O. The van der Waals surface area contributed by atoms with Crippen LogP contribution in [0.3, 0.4) is 0 Å². The fraction of sp³-hybridized carbons (Fsp3) is 0.375. The van der Waals surface area contributed by atoms with Gasteiger partial charge in [-0.1, -0.05) is 12.1 Å². The molecule has 0 saturated carbocycles. The first-order valence-electron chi connectivity index (χ1n) is 7.69. The Hall–Kier alpha value is -1.70. The molecule has 0 amide bonds. The van der Waals surface area contributed by atoms with Gasteiger partial charge in [0.05, 0.1) is 18.9 Å². The van der Waals surface area contributed by atoms with Gasteiger partial charge in [0.2, 0.25) is 0 Å². The van der Waals surface area contributed by atoms with E-state index in [0.29, 0.717) is 0 Å². The van der Waals surface area contributed by atoms with Crippen molar-refractivity contribution in [1.82, 2.24) is 14.9 Å². The Bertz CT molecular complexity index is 633. The van der Waals surface area contributed by atoms with E-state index in [1.54, 1.807) is 6.33 Å². The van der Waals surface area contributed by atoms with Crippen LogP contribution in [0.25, 0.3) is 0 Å². The molecule has 2 N–H and O–H groups in total. The van der Waals surface area contributed by atoms with Gasteiger partial charge in [-0.05, 0) is 28.1 Å². The van der Waals surface area contributed by atoms with Gasteiger partial charge in [-0.25, -0.2) is 9.97 Å². The van der Waals surface area contributed by atoms with Gasteiger partial charge in [0, 0.05) is 36.7 Å². The first-order chi connectivity index (χ1) is 11.3. The number of hydrogen-bond acceptors (Lipinski definition) is 6. The van der Waals surface area contributed by atoms with Crippen LogP contribution >= 0.6 is 15.9 Å². The Morgan fingerprint density at radius 3 is 2.74 bits per heavy atom. The van der Waals surface area contributed by atoms with E-state index in [-0.39, 0.29) is 0 Å². The molecule has 0 bridgehead atoms. The molecular weight excluding hydrogens is 358 g/mol. The van der Waals surface area contributed by atoms with E-state index in [4.69, 9.17) is 4.74 Å². The topological polar surface area (TPSA) is 62.3 Å². The van der Waals surface area contributed by atoms with Crippen LogP contribution in [0.5, 0.6) is 0 Å². The van der Waals surface area contributed by atoms with Crippen LogP contribution in [0.2, 0.25) is 0 Å². The largest absolute Gasteiger partial charge is 0.379 e. The standard InChI is InChI=1S/C16H20BrN5O/c17-13-3-1-2-4-14(13)21-16-11-15(19-12-20-16)18-5-6-22-7-9-23-10-8-22/h1-4,11-12H,5-10H2,(H2,18,19,20,21). The molecule has 1 saturated heterocycles. The zero-order valence-electron chi connectivity index (χ0n) is 12.8. The molecule has 122 valence electrons. The van der Waals surface area contributed by atoms with Crippen molar-refractivity contribution in [2.24, 2.45) is 0 Å². The van der Waals surface area contributed by atoms with E-state index >= 15 is 0 Å². The highest BCUT2D eigenvalue weighted by molar-refractivity contribution is 9.10. The second-order valence-electron chi connectivity index (χ2n) is 5.27. The molecule has 1 aliphatic rings. The van der Waals surface area contributed by atoms with Gasteiger partial charge < -0.3 is 15.4 Å². The SMILES string of the molecule is Brc1ccccc1Nc1cc(NCCN2CCOCC2)ncn1. The lowest BCUT2D eigenvalue weighted by molar-refractivity contribution is 0.0398. The zero-order valence-corrected chi connectivity index (χ0v) is 14.4. The molecule has 0 aliphatic carbocycles. The van der Waals surface area contributed by atoms with Crippen molar-refractivity contribution in [1.29, 1.82) is 0 Å². The van der Waals surface area contributed by atoms with Crippen molar-refractivity contribution in [3.05, 3.63) is 41.1 Å². The molecule has 1 aliphatic heterocycles. The maximum atomic E-state index is 5.35. The van der Waals surface area contributed by atoms with Crippen molar-refractivity contribution in [2.75, 3.05) is 50.0 Å². The van der Waals surface area contributed by atoms with Crippen LogP contribution < -0.4 is 10.6 Å². The molecule has 1 aromatic carbocycles. The number of para-hydroxylation sites is 1. The fourth-order valence-electron chi connectivity index (χ4n) is 2.39. The molecule has 6 nitrogen and oxygen atoms in total. The third-order valence-electron chi connectivity index (χ3n) is 3.64. The fourth-order valence-corrected chi connectivity index (χ4v) is 2.77. The summed E-state index contributed by atoms with van der Waals surface area (Å²) in [5.74, 6) is 1.59. The summed E-state index contributed by atoms with van der Waals surface area (Å²) in [6.45, 7) is 5.49. The smallest absolute Gasteiger partial charge is 0.135 e. The zero-order chi connectivity index (χ0) is 15.9. The van der Waals surface area contributed by atoms with Gasteiger partial charge in [0.15, 0.2) is 0 Å². The van der Waals surface area contributed by atoms with Gasteiger partial charge in [0.1, 0.15) is 18.0 Å². The summed E-state index contributed by atoms with van der Waals surface area (Å²) in [7, 11) is 0. The van der Waals surface area contributed by atoms with Crippen molar-refractivity contribution in [3.63, 3.8) is 0 Å². The Morgan fingerprint density at radius 2 is 1.91 bits per heavy atom. The van der Waals surface area contributed by atoms with Gasteiger partial charge in [-0.15, -0.1) is 0 Å². The quantitative estimate of drug-likeness (QED) is 0.806. The lowest BCUT2D eigenvalue weighted by Crippen LogP contribution is -2.39. The number of morpholine rings is 1. The molecule has 23 heavy (non-hydrogen) atoms. The summed E-state index contributed by atoms with van der Waals surface area (Å²) >= 11 is 3.52. The lowest BCUT2D eigenvalue weighted by Gasteiger charge is -2.26. The van der Waals surface area contributed by atoms with Gasteiger partial charge in [-0.2, -0.15) is 0 Å². The summed E-state index contributed by atoms with van der Waals surface area (Å²) in [5.41, 5.74) is 0.977. The molecule has 2 heterocycles. The van der Waals surface area contributed by atoms with E-state index in [1.807, 2.05) is 30.3 Å². The monoisotopic (exact) mass is 377 g/mol.